The lowest BCUT2D eigenvalue weighted by atomic mass is 10.2. The molecule has 5 nitrogen and oxygen atoms in total. The van der Waals surface area contributed by atoms with E-state index in [1.165, 1.54) is 0 Å². The number of para-hydroxylation sites is 1. The number of benzene rings is 1. The summed E-state index contributed by atoms with van der Waals surface area (Å²) < 4.78 is 43.3. The molecule has 1 saturated carbocycles. The van der Waals surface area contributed by atoms with Gasteiger partial charge in [-0.1, -0.05) is 18.2 Å². The molecule has 0 bridgehead atoms. The van der Waals surface area contributed by atoms with Gasteiger partial charge in [-0.3, -0.25) is 4.79 Å². The summed E-state index contributed by atoms with van der Waals surface area (Å²) in [5.41, 5.74) is 0.878. The first-order valence-corrected chi connectivity index (χ1v) is 8.36. The maximum Gasteiger partial charge on any atom is 0.406 e. The molecule has 1 aromatic carbocycles. The van der Waals surface area contributed by atoms with Crippen LogP contribution in [0, 0.1) is 5.92 Å². The third-order valence-electron chi connectivity index (χ3n) is 4.54. The number of nitrogens with zero attached hydrogens (tertiary/aromatic N) is 1. The zero-order valence-corrected chi connectivity index (χ0v) is 14.2. The number of amides is 1. The average molecular weight is 368 g/mol. The summed E-state index contributed by atoms with van der Waals surface area (Å²) >= 11 is 0. The van der Waals surface area contributed by atoms with Crippen LogP contribution in [-0.4, -0.2) is 47.1 Å². The largest absolute Gasteiger partial charge is 0.451 e. The second kappa shape index (κ2) is 7.01. The lowest BCUT2D eigenvalue weighted by Gasteiger charge is -2.30. The van der Waals surface area contributed by atoms with Gasteiger partial charge in [0, 0.05) is 16.9 Å². The zero-order chi connectivity index (χ0) is 18.9. The van der Waals surface area contributed by atoms with Crippen molar-refractivity contribution in [3.05, 3.63) is 36.0 Å². The lowest BCUT2D eigenvalue weighted by molar-refractivity contribution is -0.167. The Hall–Kier alpha value is -2.51. The third kappa shape index (κ3) is 4.36. The van der Waals surface area contributed by atoms with Crippen molar-refractivity contribution in [1.82, 2.24) is 9.88 Å². The normalized spacial score (nSPS) is 15.7. The molecule has 8 heteroatoms. The van der Waals surface area contributed by atoms with Gasteiger partial charge < -0.3 is 14.6 Å². The third-order valence-corrected chi connectivity index (χ3v) is 4.54. The summed E-state index contributed by atoms with van der Waals surface area (Å²) in [4.78, 5) is 28.0. The smallest absolute Gasteiger partial charge is 0.406 e. The van der Waals surface area contributed by atoms with Gasteiger partial charge in [0.1, 0.15) is 12.2 Å². The van der Waals surface area contributed by atoms with Crippen molar-refractivity contribution in [3.8, 4) is 0 Å². The Labute approximate surface area is 148 Å². The molecule has 0 aliphatic heterocycles. The summed E-state index contributed by atoms with van der Waals surface area (Å²) in [5.74, 6) is -1.54. The van der Waals surface area contributed by atoms with Crippen LogP contribution >= 0.6 is 0 Å². The van der Waals surface area contributed by atoms with Crippen LogP contribution in [-0.2, 0) is 9.53 Å². The van der Waals surface area contributed by atoms with Crippen molar-refractivity contribution >= 4 is 22.8 Å². The first-order valence-electron chi connectivity index (χ1n) is 8.36. The number of esters is 1. The van der Waals surface area contributed by atoms with Crippen LogP contribution in [0.5, 0.6) is 0 Å². The van der Waals surface area contributed by atoms with E-state index in [4.69, 9.17) is 4.74 Å². The zero-order valence-electron chi connectivity index (χ0n) is 14.2. The molecule has 1 atom stereocenters. The second-order valence-electron chi connectivity index (χ2n) is 6.56. The summed E-state index contributed by atoms with van der Waals surface area (Å²) in [7, 11) is 0. The predicted molar refractivity (Wildman–Crippen MR) is 88.5 cm³/mol. The summed E-state index contributed by atoms with van der Waals surface area (Å²) in [6.07, 6.45) is -2.89. The van der Waals surface area contributed by atoms with E-state index in [-0.39, 0.29) is 11.6 Å². The first kappa shape index (κ1) is 18.3. The van der Waals surface area contributed by atoms with Gasteiger partial charge in [-0.25, -0.2) is 4.79 Å². The van der Waals surface area contributed by atoms with Gasteiger partial charge in [0.05, 0.1) is 0 Å². The Morgan fingerprint density at radius 3 is 2.62 bits per heavy atom. The molecular formula is C18H19F3N2O3. The van der Waals surface area contributed by atoms with Gasteiger partial charge in [-0.2, -0.15) is 13.2 Å². The van der Waals surface area contributed by atoms with Gasteiger partial charge in [-0.15, -0.1) is 0 Å². The number of rotatable bonds is 6. The van der Waals surface area contributed by atoms with Crippen LogP contribution in [0.4, 0.5) is 13.2 Å². The molecule has 1 aromatic heterocycles. The predicted octanol–water partition coefficient (Wildman–Crippen LogP) is 3.51. The highest BCUT2D eigenvalue weighted by molar-refractivity contribution is 5.95. The number of ether oxygens (including phenoxy) is 1. The molecule has 0 spiro atoms. The van der Waals surface area contributed by atoms with Crippen LogP contribution in [0.25, 0.3) is 10.9 Å². The number of aromatic nitrogens is 1. The Bertz CT molecular complexity index is 778. The Morgan fingerprint density at radius 1 is 1.31 bits per heavy atom. The van der Waals surface area contributed by atoms with Gasteiger partial charge in [0.25, 0.3) is 5.91 Å². The highest BCUT2D eigenvalue weighted by Crippen LogP contribution is 2.36. The number of hydrogen-bond acceptors (Lipinski definition) is 3. The molecule has 3 rings (SSSR count). The summed E-state index contributed by atoms with van der Waals surface area (Å²) in [6, 6.07) is 8.23. The van der Waals surface area contributed by atoms with Crippen molar-refractivity contribution in [3.63, 3.8) is 0 Å². The van der Waals surface area contributed by atoms with E-state index < -0.39 is 37.2 Å². The van der Waals surface area contributed by atoms with Gasteiger partial charge >= 0.3 is 12.1 Å². The van der Waals surface area contributed by atoms with E-state index in [0.29, 0.717) is 0 Å². The van der Waals surface area contributed by atoms with E-state index in [1.54, 1.807) is 31.2 Å². The van der Waals surface area contributed by atoms with Crippen LogP contribution < -0.4 is 0 Å². The molecule has 1 heterocycles. The molecule has 140 valence electrons. The van der Waals surface area contributed by atoms with E-state index in [1.807, 2.05) is 6.07 Å². The van der Waals surface area contributed by atoms with Gasteiger partial charge in [0.2, 0.25) is 0 Å². The quantitative estimate of drug-likeness (QED) is 0.794. The number of H-pyrrole nitrogens is 1. The van der Waals surface area contributed by atoms with Crippen LogP contribution in [0.1, 0.15) is 30.3 Å². The highest BCUT2D eigenvalue weighted by atomic mass is 19.4. The number of aromatic amines is 1. The van der Waals surface area contributed by atoms with Crippen LogP contribution in [0.3, 0.4) is 0 Å². The van der Waals surface area contributed by atoms with Crippen molar-refractivity contribution in [1.29, 1.82) is 0 Å². The monoisotopic (exact) mass is 368 g/mol. The van der Waals surface area contributed by atoms with Crippen molar-refractivity contribution in [2.45, 2.75) is 32.0 Å². The van der Waals surface area contributed by atoms with Gasteiger partial charge in [-0.05, 0) is 37.8 Å². The minimum Gasteiger partial charge on any atom is -0.451 e. The summed E-state index contributed by atoms with van der Waals surface area (Å²) in [5, 5.41) is 0.798. The second-order valence-corrected chi connectivity index (χ2v) is 6.56. The molecule has 1 N–H and O–H groups in total. The average Bonchev–Trinajstić information content (AvgIpc) is 3.34. The first-order chi connectivity index (χ1) is 12.2. The summed E-state index contributed by atoms with van der Waals surface area (Å²) in [6.45, 7) is -0.463. The molecule has 26 heavy (non-hydrogen) atoms. The molecule has 2 aromatic rings. The van der Waals surface area contributed by atoms with Gasteiger partial charge in [0.15, 0.2) is 6.61 Å². The van der Waals surface area contributed by atoms with E-state index >= 15 is 0 Å². The lowest BCUT2D eigenvalue weighted by Crippen LogP contribution is -2.47. The van der Waals surface area contributed by atoms with E-state index in [0.717, 1.165) is 28.6 Å². The number of fused-ring (bicyclic) bond motifs is 1. The number of carbonyl (C=O) groups is 2. The van der Waals surface area contributed by atoms with E-state index in [2.05, 4.69) is 4.98 Å². The minimum absolute atomic E-state index is 0.0747. The maximum absolute atomic E-state index is 12.8. The Balaban J connectivity index is 1.63. The maximum atomic E-state index is 12.8. The fraction of sp³-hybridized carbons (Fsp3) is 0.444. The number of hydrogen-bond donors (Lipinski definition) is 1. The van der Waals surface area contributed by atoms with Crippen molar-refractivity contribution < 1.29 is 27.5 Å². The Kier molecular flexibility index (Phi) is 4.93. The highest BCUT2D eigenvalue weighted by Gasteiger charge is 2.40. The van der Waals surface area contributed by atoms with Crippen LogP contribution in [0.15, 0.2) is 30.3 Å². The number of alkyl halides is 3. The molecule has 1 fully saturated rings. The van der Waals surface area contributed by atoms with Crippen LogP contribution in [0.2, 0.25) is 0 Å². The molecular weight excluding hydrogens is 349 g/mol. The van der Waals surface area contributed by atoms with Crippen molar-refractivity contribution in [2.24, 2.45) is 5.92 Å². The number of halogens is 3. The number of nitrogens with one attached hydrogen (secondary N) is 1. The molecule has 1 amide bonds. The number of carbonyl (C=O) groups excluding carboxylic acids is 2. The molecule has 1 unspecified atom stereocenters. The fourth-order valence-electron chi connectivity index (χ4n) is 2.96. The molecule has 1 aliphatic carbocycles. The standard InChI is InChI=1S/C18H19F3N2O3/c1-11(12-6-7-12)23(10-18(19,20)21)16(24)9-26-17(25)15-8-13-4-2-3-5-14(13)22-15/h2-5,8,11-12,22H,6-7,9-10H2,1H3. The molecule has 1 aliphatic rings. The van der Waals surface area contributed by atoms with E-state index in [9.17, 15) is 22.8 Å². The molecule has 0 saturated heterocycles. The minimum atomic E-state index is -4.50. The molecule has 0 radical (unpaired) electrons. The topological polar surface area (TPSA) is 62.4 Å². The fourth-order valence-corrected chi connectivity index (χ4v) is 2.96. The van der Waals surface area contributed by atoms with Crippen molar-refractivity contribution in [2.75, 3.05) is 13.2 Å². The SMILES string of the molecule is CC(C1CC1)N(CC(F)(F)F)C(=O)COC(=O)c1cc2ccccc2[nH]1. The Morgan fingerprint density at radius 2 is 2.00 bits per heavy atom.